The third-order valence-corrected chi connectivity index (χ3v) is 3.47. The molecule has 2 heterocycles. The van der Waals surface area contributed by atoms with Crippen molar-refractivity contribution < 1.29 is 29.3 Å². The first kappa shape index (κ1) is 13.1. The molecule has 2 aliphatic heterocycles. The Bertz CT molecular complexity index is 547. The summed E-state index contributed by atoms with van der Waals surface area (Å²) in [5.74, 6) is 0.730. The molecular formula is C12H13NO7. The first-order valence-electron chi connectivity index (χ1n) is 6.12. The minimum atomic E-state index is -0.852. The van der Waals surface area contributed by atoms with Crippen LogP contribution in [0.2, 0.25) is 0 Å². The first-order valence-corrected chi connectivity index (χ1v) is 6.12. The lowest BCUT2D eigenvalue weighted by atomic mass is 10.0. The highest BCUT2D eigenvalue weighted by Crippen LogP contribution is 2.44. The molecule has 1 fully saturated rings. The summed E-state index contributed by atoms with van der Waals surface area (Å²) in [6, 6.07) is 2.79. The van der Waals surface area contributed by atoms with Gasteiger partial charge in [0.2, 0.25) is 6.79 Å². The van der Waals surface area contributed by atoms with Crippen molar-refractivity contribution in [2.45, 2.75) is 24.7 Å². The van der Waals surface area contributed by atoms with Crippen LogP contribution in [0.25, 0.3) is 0 Å². The average molecular weight is 283 g/mol. The molecule has 1 aromatic rings. The number of rotatable bonds is 3. The Hall–Kier alpha value is -1.90. The lowest BCUT2D eigenvalue weighted by Gasteiger charge is -2.13. The van der Waals surface area contributed by atoms with E-state index in [1.54, 1.807) is 0 Å². The minimum absolute atomic E-state index is 0.0172. The fourth-order valence-electron chi connectivity index (χ4n) is 2.46. The lowest BCUT2D eigenvalue weighted by Crippen LogP contribution is -2.24. The Morgan fingerprint density at radius 3 is 2.65 bits per heavy atom. The van der Waals surface area contributed by atoms with Gasteiger partial charge in [-0.1, -0.05) is 0 Å². The van der Waals surface area contributed by atoms with Gasteiger partial charge in [0.25, 0.3) is 5.69 Å². The molecule has 0 spiro atoms. The molecule has 0 aliphatic carbocycles. The highest BCUT2D eigenvalue weighted by Gasteiger charge is 2.38. The average Bonchev–Trinajstić information content (AvgIpc) is 3.02. The van der Waals surface area contributed by atoms with E-state index in [0.29, 0.717) is 17.1 Å². The predicted octanol–water partition coefficient (Wildman–Crippen LogP) is 0.507. The maximum atomic E-state index is 11.2. The van der Waals surface area contributed by atoms with E-state index >= 15 is 0 Å². The second-order valence-corrected chi connectivity index (χ2v) is 4.67. The van der Waals surface area contributed by atoms with E-state index in [4.69, 9.17) is 19.3 Å². The fraction of sp³-hybridized carbons (Fsp3) is 0.500. The zero-order valence-electron chi connectivity index (χ0n) is 10.4. The number of nitro benzene ring substituents is 1. The van der Waals surface area contributed by atoms with Crippen molar-refractivity contribution >= 4 is 5.69 Å². The third kappa shape index (κ3) is 2.07. The lowest BCUT2D eigenvalue weighted by molar-refractivity contribution is -0.386. The normalized spacial score (nSPS) is 27.8. The molecule has 0 radical (unpaired) electrons. The van der Waals surface area contributed by atoms with Crippen LogP contribution in [-0.4, -0.2) is 40.7 Å². The van der Waals surface area contributed by atoms with Crippen LogP contribution in [0.15, 0.2) is 12.1 Å². The molecular weight excluding hydrogens is 270 g/mol. The van der Waals surface area contributed by atoms with Gasteiger partial charge in [-0.05, 0) is 6.07 Å². The molecule has 0 saturated carbocycles. The molecule has 20 heavy (non-hydrogen) atoms. The van der Waals surface area contributed by atoms with Gasteiger partial charge in [-0.2, -0.15) is 0 Å². The largest absolute Gasteiger partial charge is 0.454 e. The second kappa shape index (κ2) is 4.89. The maximum absolute atomic E-state index is 11.2. The third-order valence-electron chi connectivity index (χ3n) is 3.47. The Morgan fingerprint density at radius 2 is 2.05 bits per heavy atom. The summed E-state index contributed by atoms with van der Waals surface area (Å²) < 4.78 is 15.8. The van der Waals surface area contributed by atoms with Crippen LogP contribution in [0, 0.1) is 10.1 Å². The fourth-order valence-corrected chi connectivity index (χ4v) is 2.46. The van der Waals surface area contributed by atoms with Gasteiger partial charge in [-0.25, -0.2) is 0 Å². The highest BCUT2D eigenvalue weighted by atomic mass is 16.7. The SMILES string of the molecule is O=[N+]([O-])c1cc2c(cc1[C@H]1CC(O)[C@@H](CO)O1)OCO2. The summed E-state index contributed by atoms with van der Waals surface area (Å²) >= 11 is 0. The van der Waals surface area contributed by atoms with Crippen molar-refractivity contribution in [1.82, 2.24) is 0 Å². The zero-order valence-corrected chi connectivity index (χ0v) is 10.4. The minimum Gasteiger partial charge on any atom is -0.454 e. The monoisotopic (exact) mass is 283 g/mol. The number of hydrogen-bond acceptors (Lipinski definition) is 7. The van der Waals surface area contributed by atoms with E-state index < -0.39 is 23.2 Å². The molecule has 2 N–H and O–H groups in total. The molecule has 2 aliphatic rings. The summed E-state index contributed by atoms with van der Waals surface area (Å²) in [7, 11) is 0. The van der Waals surface area contributed by atoms with Gasteiger partial charge in [0.15, 0.2) is 11.5 Å². The number of benzene rings is 1. The molecule has 3 atom stereocenters. The molecule has 1 aromatic carbocycles. The van der Waals surface area contributed by atoms with Gasteiger partial charge < -0.3 is 24.4 Å². The molecule has 0 amide bonds. The van der Waals surface area contributed by atoms with Crippen molar-refractivity contribution in [2.75, 3.05) is 13.4 Å². The molecule has 3 rings (SSSR count). The maximum Gasteiger partial charge on any atom is 0.279 e. The summed E-state index contributed by atoms with van der Waals surface area (Å²) in [5, 5.41) is 30.0. The second-order valence-electron chi connectivity index (χ2n) is 4.67. The van der Waals surface area contributed by atoms with Crippen LogP contribution in [0.1, 0.15) is 18.1 Å². The van der Waals surface area contributed by atoms with Gasteiger partial charge in [0, 0.05) is 6.42 Å². The highest BCUT2D eigenvalue weighted by molar-refractivity contribution is 5.56. The number of hydrogen-bond donors (Lipinski definition) is 2. The van der Waals surface area contributed by atoms with Crippen LogP contribution in [-0.2, 0) is 4.74 Å². The topological polar surface area (TPSA) is 111 Å². The summed E-state index contributed by atoms with van der Waals surface area (Å²) in [4.78, 5) is 10.6. The predicted molar refractivity (Wildman–Crippen MR) is 64.5 cm³/mol. The summed E-state index contributed by atoms with van der Waals surface area (Å²) in [6.45, 7) is -0.320. The van der Waals surface area contributed by atoms with Crippen LogP contribution >= 0.6 is 0 Å². The van der Waals surface area contributed by atoms with E-state index in [1.165, 1.54) is 12.1 Å². The molecule has 8 heteroatoms. The number of fused-ring (bicyclic) bond motifs is 1. The quantitative estimate of drug-likeness (QED) is 0.614. The van der Waals surface area contributed by atoms with Crippen molar-refractivity contribution in [3.05, 3.63) is 27.8 Å². The Balaban J connectivity index is 1.98. The van der Waals surface area contributed by atoms with Crippen LogP contribution in [0.4, 0.5) is 5.69 Å². The van der Waals surface area contributed by atoms with E-state index in [0.717, 1.165) is 0 Å². The molecule has 0 bridgehead atoms. The molecule has 108 valence electrons. The molecule has 1 unspecified atom stereocenters. The van der Waals surface area contributed by atoms with Gasteiger partial charge in [-0.15, -0.1) is 0 Å². The van der Waals surface area contributed by atoms with Crippen LogP contribution in [0.3, 0.4) is 0 Å². The first-order chi connectivity index (χ1) is 9.60. The molecule has 1 saturated heterocycles. The van der Waals surface area contributed by atoms with E-state index in [1.807, 2.05) is 0 Å². The van der Waals surface area contributed by atoms with Crippen molar-refractivity contribution in [3.8, 4) is 11.5 Å². The number of aliphatic hydroxyl groups excluding tert-OH is 2. The number of ether oxygens (including phenoxy) is 3. The van der Waals surface area contributed by atoms with Crippen molar-refractivity contribution in [3.63, 3.8) is 0 Å². The van der Waals surface area contributed by atoms with Crippen molar-refractivity contribution in [2.24, 2.45) is 0 Å². The number of nitrogens with zero attached hydrogens (tertiary/aromatic N) is 1. The van der Waals surface area contributed by atoms with Gasteiger partial charge >= 0.3 is 0 Å². The summed E-state index contributed by atoms with van der Waals surface area (Å²) in [6.07, 6.45) is -2.05. The van der Waals surface area contributed by atoms with E-state index in [-0.39, 0.29) is 25.5 Å². The van der Waals surface area contributed by atoms with E-state index in [9.17, 15) is 15.2 Å². The zero-order chi connectivity index (χ0) is 14.3. The van der Waals surface area contributed by atoms with Crippen molar-refractivity contribution in [1.29, 1.82) is 0 Å². The van der Waals surface area contributed by atoms with E-state index in [2.05, 4.69) is 0 Å². The number of nitro groups is 1. The van der Waals surface area contributed by atoms with Gasteiger partial charge in [-0.3, -0.25) is 10.1 Å². The summed E-state index contributed by atoms with van der Waals surface area (Å²) in [5.41, 5.74) is 0.166. The van der Waals surface area contributed by atoms with Gasteiger partial charge in [0.05, 0.1) is 35.4 Å². The smallest absolute Gasteiger partial charge is 0.279 e. The molecule has 0 aromatic heterocycles. The Labute approximate surface area is 113 Å². The van der Waals surface area contributed by atoms with Gasteiger partial charge in [0.1, 0.15) is 6.10 Å². The Morgan fingerprint density at radius 1 is 1.35 bits per heavy atom. The molecule has 8 nitrogen and oxygen atoms in total. The van der Waals surface area contributed by atoms with Crippen LogP contribution < -0.4 is 9.47 Å². The van der Waals surface area contributed by atoms with Crippen LogP contribution in [0.5, 0.6) is 11.5 Å². The Kier molecular flexibility index (Phi) is 3.20. The standard InChI is InChI=1S/C12H13NO7/c14-4-12-8(15)3-9(20-12)6-1-10-11(19-5-18-10)2-7(6)13(16)17/h1-2,8-9,12,14-15H,3-5H2/t8?,9-,12-/m1/s1. The number of aliphatic hydroxyl groups is 2.